The third-order valence-corrected chi connectivity index (χ3v) is 5.30. The summed E-state index contributed by atoms with van der Waals surface area (Å²) < 4.78 is 0. The van der Waals surface area contributed by atoms with Crippen molar-refractivity contribution in [3.8, 4) is 0 Å². The molecule has 7 nitrogen and oxygen atoms in total. The first-order valence-corrected chi connectivity index (χ1v) is 10.4. The lowest BCUT2D eigenvalue weighted by molar-refractivity contribution is -0.124. The van der Waals surface area contributed by atoms with Gasteiger partial charge in [0.2, 0.25) is 11.0 Å². The van der Waals surface area contributed by atoms with Crippen LogP contribution < -0.4 is 15.6 Å². The molecule has 0 aliphatic carbocycles. The highest BCUT2D eigenvalue weighted by molar-refractivity contribution is 7.80. The molecule has 0 saturated carbocycles. The van der Waals surface area contributed by atoms with Crippen LogP contribution in [0.15, 0.2) is 91.0 Å². The minimum absolute atomic E-state index is 0.1000. The van der Waals surface area contributed by atoms with E-state index >= 15 is 0 Å². The Kier molecular flexibility index (Phi) is 6.23. The van der Waals surface area contributed by atoms with Gasteiger partial charge in [-0.25, -0.2) is 5.01 Å². The van der Waals surface area contributed by atoms with Crippen molar-refractivity contribution in [2.45, 2.75) is 12.5 Å². The second kappa shape index (κ2) is 9.40. The first-order valence-electron chi connectivity index (χ1n) is 9.98. The van der Waals surface area contributed by atoms with Crippen molar-refractivity contribution in [2.75, 3.05) is 10.2 Å². The van der Waals surface area contributed by atoms with E-state index in [1.807, 2.05) is 12.1 Å². The van der Waals surface area contributed by atoms with Crippen LogP contribution in [0.4, 0.5) is 11.4 Å². The molecule has 1 aliphatic rings. The molecule has 160 valence electrons. The van der Waals surface area contributed by atoms with E-state index in [9.17, 15) is 14.4 Å². The Morgan fingerprint density at radius 3 is 2.03 bits per heavy atom. The molecule has 4 rings (SSSR count). The summed E-state index contributed by atoms with van der Waals surface area (Å²) in [5.74, 6) is -1.19. The fourth-order valence-corrected chi connectivity index (χ4v) is 3.75. The third kappa shape index (κ3) is 4.50. The molecule has 1 unspecified atom stereocenters. The Bertz CT molecular complexity index is 1140. The van der Waals surface area contributed by atoms with Crippen LogP contribution >= 0.6 is 12.2 Å². The van der Waals surface area contributed by atoms with Gasteiger partial charge in [0.25, 0.3) is 11.8 Å². The highest BCUT2D eigenvalue weighted by Gasteiger charge is 2.45. The summed E-state index contributed by atoms with van der Waals surface area (Å²) in [6.45, 7) is 0. The molecule has 1 aliphatic heterocycles. The highest BCUT2D eigenvalue weighted by atomic mass is 32.1. The summed E-state index contributed by atoms with van der Waals surface area (Å²) in [5, 5.41) is 4.17. The second-order valence-electron chi connectivity index (χ2n) is 7.10. The van der Waals surface area contributed by atoms with E-state index in [-0.39, 0.29) is 17.4 Å². The van der Waals surface area contributed by atoms with Gasteiger partial charge in [-0.15, -0.1) is 0 Å². The number of anilines is 2. The van der Waals surface area contributed by atoms with Crippen molar-refractivity contribution in [3.05, 3.63) is 96.6 Å². The van der Waals surface area contributed by atoms with Crippen LogP contribution in [-0.2, 0) is 9.59 Å². The number of thiocarbonyl (C=S) groups is 1. The second-order valence-corrected chi connectivity index (χ2v) is 7.47. The number of hydrogen-bond donors (Lipinski definition) is 2. The van der Waals surface area contributed by atoms with Crippen LogP contribution in [0.1, 0.15) is 16.8 Å². The van der Waals surface area contributed by atoms with Gasteiger partial charge in [0, 0.05) is 11.3 Å². The maximum absolute atomic E-state index is 13.3. The number of hydrogen-bond acceptors (Lipinski definition) is 4. The van der Waals surface area contributed by atoms with Crippen molar-refractivity contribution >= 4 is 46.4 Å². The molecule has 1 fully saturated rings. The molecule has 3 aromatic carbocycles. The lowest BCUT2D eigenvalue weighted by Gasteiger charge is -2.24. The fraction of sp³-hybridized carbons (Fsp3) is 0.0833. The Balaban J connectivity index is 1.59. The normalized spacial score (nSPS) is 15.6. The number of amides is 3. The van der Waals surface area contributed by atoms with Gasteiger partial charge in [-0.1, -0.05) is 54.6 Å². The van der Waals surface area contributed by atoms with Gasteiger partial charge in [-0.2, -0.15) is 0 Å². The topological polar surface area (TPSA) is 81.8 Å². The average molecular weight is 445 g/mol. The number of hydrazine groups is 1. The third-order valence-electron chi connectivity index (χ3n) is 4.92. The summed E-state index contributed by atoms with van der Waals surface area (Å²) in [4.78, 5) is 40.1. The first-order chi connectivity index (χ1) is 15.5. The average Bonchev–Trinajstić information content (AvgIpc) is 3.04. The minimum atomic E-state index is -0.987. The monoisotopic (exact) mass is 444 g/mol. The Hall–Kier alpha value is -4.04. The van der Waals surface area contributed by atoms with Gasteiger partial charge < -0.3 is 5.32 Å². The van der Waals surface area contributed by atoms with Crippen LogP contribution in [0.25, 0.3) is 0 Å². The van der Waals surface area contributed by atoms with E-state index in [0.29, 0.717) is 16.9 Å². The van der Waals surface area contributed by atoms with Gasteiger partial charge in [0.05, 0.1) is 12.1 Å². The Morgan fingerprint density at radius 1 is 0.844 bits per heavy atom. The van der Waals surface area contributed by atoms with Crippen LogP contribution in [0.5, 0.6) is 0 Å². The van der Waals surface area contributed by atoms with Gasteiger partial charge in [-0.3, -0.25) is 24.7 Å². The van der Waals surface area contributed by atoms with Crippen LogP contribution in [0.2, 0.25) is 0 Å². The number of nitrogens with zero attached hydrogens (tertiary/aromatic N) is 2. The van der Waals surface area contributed by atoms with Crippen LogP contribution in [0, 0.1) is 0 Å². The van der Waals surface area contributed by atoms with E-state index < -0.39 is 17.9 Å². The lowest BCUT2D eigenvalue weighted by Crippen LogP contribution is -2.49. The van der Waals surface area contributed by atoms with Crippen LogP contribution in [-0.4, -0.2) is 33.9 Å². The quantitative estimate of drug-likeness (QED) is 0.570. The number of carbonyl (C=O) groups is 3. The molecule has 0 radical (unpaired) electrons. The van der Waals surface area contributed by atoms with Crippen molar-refractivity contribution < 1.29 is 14.4 Å². The van der Waals surface area contributed by atoms with E-state index in [1.54, 1.807) is 78.9 Å². The molecular formula is C24H20N4O3S. The molecule has 2 N–H and O–H groups in total. The number of para-hydroxylation sites is 2. The van der Waals surface area contributed by atoms with Crippen molar-refractivity contribution in [2.24, 2.45) is 0 Å². The Morgan fingerprint density at radius 2 is 1.41 bits per heavy atom. The standard InChI is InChI=1S/C24H20N4O3S/c29-21(25-18-12-6-2-7-13-18)16-20-23(31)27(19-14-8-3-9-15-19)24(32)28(20)26-22(30)17-10-4-1-5-11-17/h1-15,20H,16H2,(H,25,29)(H,26,30). The highest BCUT2D eigenvalue weighted by Crippen LogP contribution is 2.26. The number of benzene rings is 3. The molecular weight excluding hydrogens is 424 g/mol. The first kappa shape index (κ1) is 21.2. The van der Waals surface area contributed by atoms with E-state index in [1.165, 1.54) is 9.91 Å². The zero-order valence-corrected chi connectivity index (χ0v) is 17.8. The predicted octanol–water partition coefficient (Wildman–Crippen LogP) is 3.36. The zero-order chi connectivity index (χ0) is 22.5. The van der Waals surface area contributed by atoms with Crippen LogP contribution in [0.3, 0.4) is 0 Å². The summed E-state index contributed by atoms with van der Waals surface area (Å²) in [6, 6.07) is 25.4. The summed E-state index contributed by atoms with van der Waals surface area (Å²) in [7, 11) is 0. The molecule has 8 heteroatoms. The molecule has 1 atom stereocenters. The molecule has 0 aromatic heterocycles. The maximum Gasteiger partial charge on any atom is 0.269 e. The number of nitrogens with one attached hydrogen (secondary N) is 2. The van der Waals surface area contributed by atoms with Crippen molar-refractivity contribution in [1.29, 1.82) is 0 Å². The van der Waals surface area contributed by atoms with E-state index in [2.05, 4.69) is 10.7 Å². The lowest BCUT2D eigenvalue weighted by atomic mass is 10.1. The predicted molar refractivity (Wildman–Crippen MR) is 126 cm³/mol. The number of carbonyl (C=O) groups excluding carboxylic acids is 3. The summed E-state index contributed by atoms with van der Waals surface area (Å²) in [6.07, 6.45) is -0.188. The van der Waals surface area contributed by atoms with E-state index in [4.69, 9.17) is 12.2 Å². The number of rotatable bonds is 6. The Labute approximate surface area is 190 Å². The van der Waals surface area contributed by atoms with Gasteiger partial charge in [-0.05, 0) is 48.6 Å². The molecule has 3 aromatic rings. The van der Waals surface area contributed by atoms with Crippen molar-refractivity contribution in [3.63, 3.8) is 0 Å². The van der Waals surface area contributed by atoms with Gasteiger partial charge >= 0.3 is 0 Å². The maximum atomic E-state index is 13.3. The molecule has 0 bridgehead atoms. The smallest absolute Gasteiger partial charge is 0.269 e. The van der Waals surface area contributed by atoms with Gasteiger partial charge in [0.15, 0.2) is 0 Å². The molecule has 1 saturated heterocycles. The molecule has 1 heterocycles. The largest absolute Gasteiger partial charge is 0.326 e. The van der Waals surface area contributed by atoms with Crippen molar-refractivity contribution in [1.82, 2.24) is 10.4 Å². The molecule has 0 spiro atoms. The summed E-state index contributed by atoms with van der Waals surface area (Å²) >= 11 is 5.53. The van der Waals surface area contributed by atoms with E-state index in [0.717, 1.165) is 0 Å². The minimum Gasteiger partial charge on any atom is -0.326 e. The zero-order valence-electron chi connectivity index (χ0n) is 17.0. The molecule has 3 amide bonds. The molecule has 32 heavy (non-hydrogen) atoms. The van der Waals surface area contributed by atoms with Gasteiger partial charge in [0.1, 0.15) is 6.04 Å². The fourth-order valence-electron chi connectivity index (χ4n) is 3.39. The SMILES string of the molecule is O=C(CC1C(=O)N(c2ccccc2)C(=S)N1NC(=O)c1ccccc1)Nc1ccccc1. The summed E-state index contributed by atoms with van der Waals surface area (Å²) in [5.41, 5.74) is 4.29.